The minimum atomic E-state index is 0.839. The Balaban J connectivity index is 1.86. The molecule has 0 saturated carbocycles. The molecule has 1 aromatic rings. The molecule has 1 aromatic heterocycles. The molecule has 1 N–H and O–H groups in total. The van der Waals surface area contributed by atoms with Gasteiger partial charge in [0.1, 0.15) is 0 Å². The van der Waals surface area contributed by atoms with Crippen LogP contribution in [0.25, 0.3) is 0 Å². The topological polar surface area (TPSA) is 37.3 Å². The molecule has 0 radical (unpaired) electrons. The van der Waals surface area contributed by atoms with Crippen LogP contribution in [-0.4, -0.2) is 17.4 Å². The van der Waals surface area contributed by atoms with E-state index in [1.807, 2.05) is 19.2 Å². The maximum absolute atomic E-state index is 4.54. The van der Waals surface area contributed by atoms with E-state index in [1.165, 1.54) is 24.8 Å². The van der Waals surface area contributed by atoms with E-state index in [9.17, 15) is 0 Å². The van der Waals surface area contributed by atoms with Crippen LogP contribution in [0.1, 0.15) is 36.9 Å². The van der Waals surface area contributed by atoms with Gasteiger partial charge in [-0.25, -0.2) is 0 Å². The first-order valence-electron chi connectivity index (χ1n) is 6.03. The maximum Gasteiger partial charge on any atom is 0.0965 e. The average Bonchev–Trinajstić information content (AvgIpc) is 2.57. The summed E-state index contributed by atoms with van der Waals surface area (Å²) >= 11 is 0. The lowest BCUT2D eigenvalue weighted by Crippen LogP contribution is -2.22. The van der Waals surface area contributed by atoms with Crippen LogP contribution < -0.4 is 5.32 Å². The summed E-state index contributed by atoms with van der Waals surface area (Å²) in [4.78, 5) is 8.82. The minimum absolute atomic E-state index is 0.839. The minimum Gasteiger partial charge on any atom is -0.370 e. The van der Waals surface area contributed by atoms with Crippen LogP contribution in [0.2, 0.25) is 0 Å². The van der Waals surface area contributed by atoms with Crippen LogP contribution in [0, 0.1) is 6.92 Å². The average molecular weight is 217 g/mol. The normalized spacial score (nSPS) is 16.4. The monoisotopic (exact) mass is 217 g/mol. The third-order valence-electron chi connectivity index (χ3n) is 2.84. The molecule has 2 heterocycles. The molecule has 1 aliphatic heterocycles. The molecule has 0 amide bonds. The Bertz CT molecular complexity index is 354. The molecule has 3 heteroatoms. The Morgan fingerprint density at radius 2 is 2.19 bits per heavy atom. The zero-order chi connectivity index (χ0) is 11.2. The van der Waals surface area contributed by atoms with Gasteiger partial charge in [-0.3, -0.25) is 9.98 Å². The van der Waals surface area contributed by atoms with Gasteiger partial charge in [-0.2, -0.15) is 0 Å². The van der Waals surface area contributed by atoms with Crippen molar-refractivity contribution < 1.29 is 0 Å². The van der Waals surface area contributed by atoms with Crippen LogP contribution in [0.3, 0.4) is 0 Å². The quantitative estimate of drug-likeness (QED) is 0.826. The highest BCUT2D eigenvalue weighted by Crippen LogP contribution is 2.07. The highest BCUT2D eigenvalue weighted by molar-refractivity contribution is 5.82. The number of pyridine rings is 1. The summed E-state index contributed by atoms with van der Waals surface area (Å²) in [6.45, 7) is 3.83. The van der Waals surface area contributed by atoms with E-state index >= 15 is 0 Å². The van der Waals surface area contributed by atoms with Crippen LogP contribution in [0.15, 0.2) is 23.3 Å². The Kier molecular flexibility index (Phi) is 3.91. The second-order valence-corrected chi connectivity index (χ2v) is 4.30. The third-order valence-corrected chi connectivity index (χ3v) is 2.84. The molecule has 0 saturated heterocycles. The molecular weight excluding hydrogens is 198 g/mol. The first kappa shape index (κ1) is 11.1. The van der Waals surface area contributed by atoms with E-state index in [-0.39, 0.29) is 0 Å². The van der Waals surface area contributed by atoms with Gasteiger partial charge in [-0.05, 0) is 31.4 Å². The molecule has 0 unspecified atom stereocenters. The van der Waals surface area contributed by atoms with Gasteiger partial charge in [-0.1, -0.05) is 12.5 Å². The fraction of sp³-hybridized carbons (Fsp3) is 0.538. The Morgan fingerprint density at radius 1 is 1.25 bits per heavy atom. The maximum atomic E-state index is 4.54. The smallest absolute Gasteiger partial charge is 0.0965 e. The Hall–Kier alpha value is -1.38. The van der Waals surface area contributed by atoms with E-state index in [4.69, 9.17) is 0 Å². The van der Waals surface area contributed by atoms with Crippen molar-refractivity contribution in [2.24, 2.45) is 4.99 Å². The van der Waals surface area contributed by atoms with E-state index in [0.717, 1.165) is 31.0 Å². The largest absolute Gasteiger partial charge is 0.370 e. The van der Waals surface area contributed by atoms with Crippen LogP contribution in [0.4, 0.5) is 0 Å². The van der Waals surface area contributed by atoms with Crippen LogP contribution in [-0.2, 0) is 6.54 Å². The fourth-order valence-electron chi connectivity index (χ4n) is 1.83. The van der Waals surface area contributed by atoms with Gasteiger partial charge in [0.2, 0.25) is 0 Å². The SMILES string of the molecule is Cc1ccc(CNC2=NCCCCC2)cn1. The van der Waals surface area contributed by atoms with Crippen molar-refractivity contribution >= 4 is 5.84 Å². The summed E-state index contributed by atoms with van der Waals surface area (Å²) < 4.78 is 0. The summed E-state index contributed by atoms with van der Waals surface area (Å²) in [5.41, 5.74) is 2.29. The van der Waals surface area contributed by atoms with Gasteiger partial charge in [0.05, 0.1) is 5.84 Å². The van der Waals surface area contributed by atoms with Crippen molar-refractivity contribution in [2.45, 2.75) is 39.2 Å². The number of hydrogen-bond donors (Lipinski definition) is 1. The predicted octanol–water partition coefficient (Wildman–Crippen LogP) is 2.45. The Morgan fingerprint density at radius 3 is 3.00 bits per heavy atom. The van der Waals surface area contributed by atoms with Crippen LogP contribution in [0.5, 0.6) is 0 Å². The van der Waals surface area contributed by atoms with Gasteiger partial charge in [-0.15, -0.1) is 0 Å². The lowest BCUT2D eigenvalue weighted by Gasteiger charge is -2.08. The zero-order valence-corrected chi connectivity index (χ0v) is 9.87. The number of aromatic nitrogens is 1. The number of nitrogens with one attached hydrogen (secondary N) is 1. The van der Waals surface area contributed by atoms with Crippen molar-refractivity contribution in [1.29, 1.82) is 0 Å². The van der Waals surface area contributed by atoms with Gasteiger partial charge in [0.15, 0.2) is 0 Å². The Labute approximate surface area is 97.0 Å². The second kappa shape index (κ2) is 5.64. The molecule has 0 aliphatic carbocycles. The summed E-state index contributed by atoms with van der Waals surface area (Å²) in [7, 11) is 0. The van der Waals surface area contributed by atoms with E-state index in [0.29, 0.717) is 0 Å². The second-order valence-electron chi connectivity index (χ2n) is 4.30. The van der Waals surface area contributed by atoms with E-state index in [2.05, 4.69) is 21.4 Å². The molecule has 16 heavy (non-hydrogen) atoms. The first-order chi connectivity index (χ1) is 7.84. The third kappa shape index (κ3) is 3.33. The number of aliphatic imine (C=N–C) groups is 1. The number of aryl methyl sites for hydroxylation is 1. The number of amidine groups is 1. The molecule has 1 aliphatic rings. The van der Waals surface area contributed by atoms with Gasteiger partial charge < -0.3 is 5.32 Å². The number of hydrogen-bond acceptors (Lipinski definition) is 3. The summed E-state index contributed by atoms with van der Waals surface area (Å²) in [6.07, 6.45) is 6.83. The summed E-state index contributed by atoms with van der Waals surface area (Å²) in [6, 6.07) is 4.17. The van der Waals surface area contributed by atoms with Gasteiger partial charge in [0.25, 0.3) is 0 Å². The van der Waals surface area contributed by atoms with Crippen molar-refractivity contribution in [3.8, 4) is 0 Å². The molecule has 2 rings (SSSR count). The van der Waals surface area contributed by atoms with E-state index in [1.54, 1.807) is 0 Å². The number of rotatable bonds is 2. The van der Waals surface area contributed by atoms with Crippen molar-refractivity contribution in [3.63, 3.8) is 0 Å². The van der Waals surface area contributed by atoms with Crippen molar-refractivity contribution in [2.75, 3.05) is 6.54 Å². The predicted molar refractivity (Wildman–Crippen MR) is 66.6 cm³/mol. The molecule has 0 fully saturated rings. The van der Waals surface area contributed by atoms with Gasteiger partial charge >= 0.3 is 0 Å². The molecule has 0 atom stereocenters. The summed E-state index contributed by atoms with van der Waals surface area (Å²) in [5, 5.41) is 3.41. The zero-order valence-electron chi connectivity index (χ0n) is 9.87. The molecule has 0 bridgehead atoms. The fourth-order valence-corrected chi connectivity index (χ4v) is 1.83. The molecular formula is C13H19N3. The molecule has 0 aromatic carbocycles. The van der Waals surface area contributed by atoms with Crippen LogP contribution >= 0.6 is 0 Å². The molecule has 0 spiro atoms. The number of nitrogens with zero attached hydrogens (tertiary/aromatic N) is 2. The van der Waals surface area contributed by atoms with Gasteiger partial charge in [0, 0.05) is 31.4 Å². The first-order valence-corrected chi connectivity index (χ1v) is 6.03. The lowest BCUT2D eigenvalue weighted by molar-refractivity contribution is 0.728. The van der Waals surface area contributed by atoms with Crippen molar-refractivity contribution in [1.82, 2.24) is 10.3 Å². The standard InChI is InChI=1S/C13H19N3/c1-11-6-7-12(9-15-11)10-16-13-5-3-2-4-8-14-13/h6-7,9H,2-5,8,10H2,1H3,(H,14,16). The van der Waals surface area contributed by atoms with Crippen molar-refractivity contribution in [3.05, 3.63) is 29.6 Å². The molecule has 3 nitrogen and oxygen atoms in total. The lowest BCUT2D eigenvalue weighted by atomic mass is 10.2. The van der Waals surface area contributed by atoms with E-state index < -0.39 is 0 Å². The highest BCUT2D eigenvalue weighted by atomic mass is 15.0. The summed E-state index contributed by atoms with van der Waals surface area (Å²) in [5.74, 6) is 1.16. The molecule has 86 valence electrons. The highest BCUT2D eigenvalue weighted by Gasteiger charge is 2.03.